The largest absolute Gasteiger partial charge is 0.398 e. The van der Waals surface area contributed by atoms with E-state index < -0.39 is 0 Å². The van der Waals surface area contributed by atoms with Gasteiger partial charge in [-0.05, 0) is 22.0 Å². The first-order valence-electron chi connectivity index (χ1n) is 2.61. The van der Waals surface area contributed by atoms with E-state index in [4.69, 9.17) is 5.73 Å². The summed E-state index contributed by atoms with van der Waals surface area (Å²) in [5.41, 5.74) is 6.28. The van der Waals surface area contributed by atoms with Crippen LogP contribution in [0.15, 0.2) is 16.9 Å². The first kappa shape index (κ1) is 7.21. The molecule has 0 saturated carbocycles. The summed E-state index contributed by atoms with van der Waals surface area (Å²) < 4.78 is 0.488. The molecule has 0 aliphatic heterocycles. The lowest BCUT2D eigenvalue weighted by Gasteiger charge is -1.97. The number of nitrogens with two attached hydrogens (primary N) is 1. The first-order chi connectivity index (χ1) is 4.75. The van der Waals surface area contributed by atoms with Crippen LogP contribution in [0.2, 0.25) is 0 Å². The maximum Gasteiger partial charge on any atom is 0.154 e. The molecular formula is C6H5BrN2O. The number of nitrogen functional groups attached to an aromatic ring is 1. The Balaban J connectivity index is 3.30. The smallest absolute Gasteiger partial charge is 0.154 e. The molecule has 0 spiro atoms. The van der Waals surface area contributed by atoms with E-state index in [0.717, 1.165) is 0 Å². The van der Waals surface area contributed by atoms with E-state index in [9.17, 15) is 4.79 Å². The van der Waals surface area contributed by atoms with Gasteiger partial charge in [0.15, 0.2) is 6.29 Å². The van der Waals surface area contributed by atoms with Crippen molar-refractivity contribution in [2.24, 2.45) is 0 Å². The Labute approximate surface area is 66.4 Å². The van der Waals surface area contributed by atoms with Gasteiger partial charge in [0.05, 0.1) is 5.56 Å². The number of rotatable bonds is 1. The van der Waals surface area contributed by atoms with Crippen LogP contribution in [0, 0.1) is 0 Å². The zero-order chi connectivity index (χ0) is 7.56. The van der Waals surface area contributed by atoms with Gasteiger partial charge < -0.3 is 5.73 Å². The molecule has 0 amide bonds. The van der Waals surface area contributed by atoms with E-state index in [0.29, 0.717) is 22.1 Å². The average molecular weight is 201 g/mol. The van der Waals surface area contributed by atoms with Crippen LogP contribution in [-0.4, -0.2) is 11.3 Å². The minimum Gasteiger partial charge on any atom is -0.398 e. The van der Waals surface area contributed by atoms with E-state index >= 15 is 0 Å². The molecule has 0 aliphatic carbocycles. The van der Waals surface area contributed by atoms with Gasteiger partial charge in [-0.15, -0.1) is 0 Å². The fourth-order valence-corrected chi connectivity index (χ4v) is 1.02. The SMILES string of the molecule is Nc1ccnc(Br)c1C=O. The van der Waals surface area contributed by atoms with Gasteiger partial charge in [0.1, 0.15) is 4.60 Å². The lowest BCUT2D eigenvalue weighted by molar-refractivity contribution is 0.112. The summed E-state index contributed by atoms with van der Waals surface area (Å²) in [6, 6.07) is 1.58. The minimum absolute atomic E-state index is 0.405. The molecule has 52 valence electrons. The van der Waals surface area contributed by atoms with Gasteiger partial charge >= 0.3 is 0 Å². The zero-order valence-electron chi connectivity index (χ0n) is 5.04. The second-order valence-electron chi connectivity index (χ2n) is 1.72. The second-order valence-corrected chi connectivity index (χ2v) is 2.47. The number of hydrogen-bond donors (Lipinski definition) is 1. The van der Waals surface area contributed by atoms with Crippen molar-refractivity contribution in [3.63, 3.8) is 0 Å². The molecule has 1 rings (SSSR count). The molecule has 0 aromatic carbocycles. The summed E-state index contributed by atoms with van der Waals surface area (Å²) in [6.07, 6.45) is 2.21. The summed E-state index contributed by atoms with van der Waals surface area (Å²) >= 11 is 3.08. The lowest BCUT2D eigenvalue weighted by Crippen LogP contribution is -1.94. The molecule has 0 unspecified atom stereocenters. The predicted octanol–water partition coefficient (Wildman–Crippen LogP) is 1.24. The molecule has 2 N–H and O–H groups in total. The standard InChI is InChI=1S/C6H5BrN2O/c7-6-4(3-10)5(8)1-2-9-6/h1-3H,(H2,8,9). The van der Waals surface area contributed by atoms with Crippen molar-refractivity contribution in [2.45, 2.75) is 0 Å². The summed E-state index contributed by atoms with van der Waals surface area (Å²) in [7, 11) is 0. The van der Waals surface area contributed by atoms with Crippen LogP contribution in [0.4, 0.5) is 5.69 Å². The molecular weight excluding hydrogens is 196 g/mol. The quantitative estimate of drug-likeness (QED) is 0.549. The van der Waals surface area contributed by atoms with Crippen molar-refractivity contribution in [1.29, 1.82) is 0 Å². The molecule has 0 aliphatic rings. The van der Waals surface area contributed by atoms with E-state index in [-0.39, 0.29) is 0 Å². The minimum atomic E-state index is 0.405. The monoisotopic (exact) mass is 200 g/mol. The van der Waals surface area contributed by atoms with E-state index in [1.807, 2.05) is 0 Å². The molecule has 0 bridgehead atoms. The van der Waals surface area contributed by atoms with Crippen molar-refractivity contribution in [3.05, 3.63) is 22.4 Å². The lowest BCUT2D eigenvalue weighted by atomic mass is 10.3. The van der Waals surface area contributed by atoms with Crippen LogP contribution < -0.4 is 5.73 Å². The van der Waals surface area contributed by atoms with Gasteiger partial charge in [-0.25, -0.2) is 4.98 Å². The van der Waals surface area contributed by atoms with Gasteiger partial charge in [0.25, 0.3) is 0 Å². The molecule has 1 aromatic heterocycles. The number of nitrogens with zero attached hydrogens (tertiary/aromatic N) is 1. The molecule has 3 nitrogen and oxygen atoms in total. The van der Waals surface area contributed by atoms with E-state index in [1.54, 1.807) is 6.07 Å². The van der Waals surface area contributed by atoms with E-state index in [1.165, 1.54) is 6.20 Å². The zero-order valence-corrected chi connectivity index (χ0v) is 6.63. The maximum absolute atomic E-state index is 10.3. The number of pyridine rings is 1. The topological polar surface area (TPSA) is 56.0 Å². The highest BCUT2D eigenvalue weighted by atomic mass is 79.9. The number of halogens is 1. The van der Waals surface area contributed by atoms with Crippen molar-refractivity contribution >= 4 is 27.9 Å². The van der Waals surface area contributed by atoms with Crippen molar-refractivity contribution in [2.75, 3.05) is 5.73 Å². The van der Waals surface area contributed by atoms with Crippen LogP contribution in [-0.2, 0) is 0 Å². The Hall–Kier alpha value is -0.900. The molecule has 10 heavy (non-hydrogen) atoms. The molecule has 0 fully saturated rings. The normalized spacial score (nSPS) is 9.30. The third kappa shape index (κ3) is 1.16. The van der Waals surface area contributed by atoms with Crippen LogP contribution in [0.3, 0.4) is 0 Å². The van der Waals surface area contributed by atoms with Crippen LogP contribution in [0.25, 0.3) is 0 Å². The molecule has 4 heteroatoms. The maximum atomic E-state index is 10.3. The van der Waals surface area contributed by atoms with Crippen molar-refractivity contribution in [1.82, 2.24) is 4.98 Å². The number of aldehydes is 1. The van der Waals surface area contributed by atoms with Gasteiger partial charge in [-0.2, -0.15) is 0 Å². The summed E-state index contributed by atoms with van der Waals surface area (Å²) in [4.78, 5) is 14.1. The first-order valence-corrected chi connectivity index (χ1v) is 3.40. The van der Waals surface area contributed by atoms with Crippen molar-refractivity contribution in [3.8, 4) is 0 Å². The number of aromatic nitrogens is 1. The number of carbonyl (C=O) groups excluding carboxylic acids is 1. The Kier molecular flexibility index (Phi) is 2.01. The Morgan fingerprint density at radius 2 is 2.40 bits per heavy atom. The van der Waals surface area contributed by atoms with Crippen LogP contribution >= 0.6 is 15.9 Å². The summed E-state index contributed by atoms with van der Waals surface area (Å²) in [6.45, 7) is 0. The molecule has 0 saturated heterocycles. The number of hydrogen-bond acceptors (Lipinski definition) is 3. The highest BCUT2D eigenvalue weighted by Gasteiger charge is 2.01. The molecule has 0 radical (unpaired) electrons. The second kappa shape index (κ2) is 2.79. The van der Waals surface area contributed by atoms with Gasteiger partial charge in [0, 0.05) is 11.9 Å². The van der Waals surface area contributed by atoms with Crippen LogP contribution in [0.1, 0.15) is 10.4 Å². The Morgan fingerprint density at radius 3 is 2.80 bits per heavy atom. The predicted molar refractivity (Wildman–Crippen MR) is 41.7 cm³/mol. The van der Waals surface area contributed by atoms with Gasteiger partial charge in [-0.1, -0.05) is 0 Å². The highest BCUT2D eigenvalue weighted by molar-refractivity contribution is 9.10. The number of anilines is 1. The highest BCUT2D eigenvalue weighted by Crippen LogP contribution is 2.16. The third-order valence-electron chi connectivity index (χ3n) is 1.09. The fourth-order valence-electron chi connectivity index (χ4n) is 0.578. The Bertz CT molecular complexity index is 242. The van der Waals surface area contributed by atoms with Crippen LogP contribution in [0.5, 0.6) is 0 Å². The van der Waals surface area contributed by atoms with Crippen molar-refractivity contribution < 1.29 is 4.79 Å². The van der Waals surface area contributed by atoms with Gasteiger partial charge in [0.2, 0.25) is 0 Å². The summed E-state index contributed by atoms with van der Waals surface area (Å²) in [5.74, 6) is 0. The van der Waals surface area contributed by atoms with Gasteiger partial charge in [-0.3, -0.25) is 4.79 Å². The molecule has 1 heterocycles. The summed E-state index contributed by atoms with van der Waals surface area (Å²) in [5, 5.41) is 0. The average Bonchev–Trinajstić information content (AvgIpc) is 1.88. The number of carbonyl (C=O) groups is 1. The fraction of sp³-hybridized carbons (Fsp3) is 0. The Morgan fingerprint density at radius 1 is 1.70 bits per heavy atom. The third-order valence-corrected chi connectivity index (χ3v) is 1.73. The molecule has 0 atom stereocenters. The molecule has 1 aromatic rings. The van der Waals surface area contributed by atoms with E-state index in [2.05, 4.69) is 20.9 Å².